The van der Waals surface area contributed by atoms with E-state index in [0.29, 0.717) is 42.7 Å². The number of H-pyrrole nitrogens is 1. The number of nitrogens with one attached hydrogen (secondary N) is 1. The van der Waals surface area contributed by atoms with Crippen LogP contribution >= 0.6 is 11.6 Å². The number of fused-ring (bicyclic) bond motifs is 1. The van der Waals surface area contributed by atoms with Gasteiger partial charge in [0.05, 0.1) is 16.9 Å². The first-order valence-electron chi connectivity index (χ1n) is 6.19. The maximum Gasteiger partial charge on any atom is 0.254 e. The number of aromatic amines is 1. The molecule has 0 aliphatic carbocycles. The van der Waals surface area contributed by atoms with E-state index in [1.807, 2.05) is 0 Å². The lowest BCUT2D eigenvalue weighted by Crippen LogP contribution is -2.37. The maximum atomic E-state index is 12.3. The van der Waals surface area contributed by atoms with Gasteiger partial charge in [-0.2, -0.15) is 5.26 Å². The second-order valence-electron chi connectivity index (χ2n) is 4.75. The quantitative estimate of drug-likeness (QED) is 0.804. The van der Waals surface area contributed by atoms with Crippen LogP contribution in [0, 0.1) is 11.3 Å². The van der Waals surface area contributed by atoms with Crippen molar-refractivity contribution in [3.05, 3.63) is 33.5 Å². The van der Waals surface area contributed by atoms with E-state index in [9.17, 15) is 10.1 Å². The normalized spacial score (nSPS) is 17.8. The van der Waals surface area contributed by atoms with Crippen LogP contribution in [0.1, 0.15) is 18.4 Å². The van der Waals surface area contributed by atoms with Crippen molar-refractivity contribution < 1.29 is 4.74 Å². The zero-order valence-corrected chi connectivity index (χ0v) is 11.3. The smallest absolute Gasteiger partial charge is 0.254 e. The van der Waals surface area contributed by atoms with Crippen LogP contribution in [-0.4, -0.2) is 28.2 Å². The van der Waals surface area contributed by atoms with Crippen molar-refractivity contribution in [3.8, 4) is 6.07 Å². The molecule has 102 valence electrons. The zero-order valence-electron chi connectivity index (χ0n) is 10.5. The van der Waals surface area contributed by atoms with Crippen LogP contribution < -0.4 is 5.56 Å². The van der Waals surface area contributed by atoms with Gasteiger partial charge >= 0.3 is 0 Å². The van der Waals surface area contributed by atoms with Gasteiger partial charge in [-0.3, -0.25) is 4.79 Å². The lowest BCUT2D eigenvalue weighted by Gasteiger charge is -2.30. The number of hydrogen-bond donors (Lipinski definition) is 1. The van der Waals surface area contributed by atoms with Gasteiger partial charge in [0.2, 0.25) is 0 Å². The fraction of sp³-hybridized carbons (Fsp3) is 0.385. The van der Waals surface area contributed by atoms with Gasteiger partial charge in [0.25, 0.3) is 5.56 Å². The topological polar surface area (TPSA) is 91.7 Å². The highest BCUT2D eigenvalue weighted by molar-refractivity contribution is 6.33. The highest BCUT2D eigenvalue weighted by atomic mass is 35.5. The number of rotatable bonds is 1. The minimum atomic E-state index is -0.834. The summed E-state index contributed by atoms with van der Waals surface area (Å²) in [5.41, 5.74) is -0.360. The minimum Gasteiger partial charge on any atom is -0.381 e. The van der Waals surface area contributed by atoms with E-state index >= 15 is 0 Å². The van der Waals surface area contributed by atoms with Crippen molar-refractivity contribution in [3.63, 3.8) is 0 Å². The van der Waals surface area contributed by atoms with Gasteiger partial charge in [-0.15, -0.1) is 0 Å². The van der Waals surface area contributed by atoms with E-state index < -0.39 is 5.41 Å². The summed E-state index contributed by atoms with van der Waals surface area (Å²) in [4.78, 5) is 22.8. The summed E-state index contributed by atoms with van der Waals surface area (Å²) in [6.45, 7) is 0.925. The van der Waals surface area contributed by atoms with Crippen molar-refractivity contribution in [2.45, 2.75) is 18.3 Å². The van der Waals surface area contributed by atoms with E-state index in [4.69, 9.17) is 16.3 Å². The van der Waals surface area contributed by atoms with Gasteiger partial charge in [-0.1, -0.05) is 11.6 Å². The van der Waals surface area contributed by atoms with Crippen LogP contribution in [0.25, 0.3) is 11.0 Å². The number of hydrogen-bond acceptors (Lipinski definition) is 5. The van der Waals surface area contributed by atoms with Crippen molar-refractivity contribution in [1.29, 1.82) is 5.26 Å². The average Bonchev–Trinajstić information content (AvgIpc) is 2.47. The van der Waals surface area contributed by atoms with Crippen molar-refractivity contribution in [2.75, 3.05) is 13.2 Å². The second kappa shape index (κ2) is 4.85. The molecule has 0 bridgehead atoms. The molecule has 0 radical (unpaired) electrons. The molecule has 0 spiro atoms. The molecule has 7 heteroatoms. The Morgan fingerprint density at radius 1 is 1.40 bits per heavy atom. The van der Waals surface area contributed by atoms with Gasteiger partial charge in [-0.05, 0) is 18.9 Å². The molecule has 2 aromatic heterocycles. The largest absolute Gasteiger partial charge is 0.381 e. The number of ether oxygens (including phenoxy) is 1. The summed E-state index contributed by atoms with van der Waals surface area (Å²) in [7, 11) is 0. The van der Waals surface area contributed by atoms with Gasteiger partial charge < -0.3 is 9.72 Å². The standard InChI is InChI=1S/C13H11ClN4O2/c14-10-8-5-9(12(19)18-11(8)17-7-16-10)13(6-15)1-3-20-4-2-13/h5,7H,1-4H2,(H,16,17,18,19). The molecule has 1 N–H and O–H groups in total. The molecule has 0 aromatic carbocycles. The molecule has 1 saturated heterocycles. The van der Waals surface area contributed by atoms with E-state index in [1.165, 1.54) is 6.33 Å². The van der Waals surface area contributed by atoms with Crippen LogP contribution in [0.3, 0.4) is 0 Å². The first kappa shape index (κ1) is 13.0. The summed E-state index contributed by atoms with van der Waals surface area (Å²) < 4.78 is 5.29. The minimum absolute atomic E-state index is 0.257. The number of nitriles is 1. The number of nitrogens with zero attached hydrogens (tertiary/aromatic N) is 3. The van der Waals surface area contributed by atoms with Crippen LogP contribution in [0.15, 0.2) is 17.2 Å². The van der Waals surface area contributed by atoms with Crippen LogP contribution in [-0.2, 0) is 10.2 Å². The molecular weight excluding hydrogens is 280 g/mol. The molecule has 0 unspecified atom stereocenters. The van der Waals surface area contributed by atoms with Gasteiger partial charge in [-0.25, -0.2) is 9.97 Å². The van der Waals surface area contributed by atoms with Gasteiger partial charge in [0.1, 0.15) is 17.1 Å². The Hall–Kier alpha value is -1.97. The zero-order chi connectivity index (χ0) is 14.2. The predicted octanol–water partition coefficient (Wildman–Crippen LogP) is 1.54. The Kier molecular flexibility index (Phi) is 3.16. The fourth-order valence-corrected chi connectivity index (χ4v) is 2.69. The first-order valence-corrected chi connectivity index (χ1v) is 6.57. The highest BCUT2D eigenvalue weighted by Crippen LogP contribution is 2.33. The van der Waals surface area contributed by atoms with E-state index in [-0.39, 0.29) is 10.7 Å². The van der Waals surface area contributed by atoms with Crippen molar-refractivity contribution >= 4 is 22.6 Å². The summed E-state index contributed by atoms with van der Waals surface area (Å²) >= 11 is 6.03. The third kappa shape index (κ3) is 1.96. The molecule has 0 amide bonds. The average molecular weight is 291 g/mol. The fourth-order valence-electron chi connectivity index (χ4n) is 2.50. The van der Waals surface area contributed by atoms with Crippen LogP contribution in [0.2, 0.25) is 5.15 Å². The molecule has 0 atom stereocenters. The Balaban J connectivity index is 2.25. The third-order valence-corrected chi connectivity index (χ3v) is 3.98. The molecule has 3 rings (SSSR count). The number of aromatic nitrogens is 3. The molecular formula is C13H11ClN4O2. The Labute approximate surface area is 119 Å². The number of halogens is 1. The molecule has 6 nitrogen and oxygen atoms in total. The lowest BCUT2D eigenvalue weighted by atomic mass is 9.76. The summed E-state index contributed by atoms with van der Waals surface area (Å²) in [6.07, 6.45) is 2.27. The Bertz CT molecular complexity index is 759. The molecule has 2 aromatic rings. The SMILES string of the molecule is N#CC1(c2cc3c(Cl)ncnc3[nH]c2=O)CCOCC1. The van der Waals surface area contributed by atoms with E-state index in [0.717, 1.165) is 0 Å². The molecule has 20 heavy (non-hydrogen) atoms. The number of pyridine rings is 1. The molecule has 1 fully saturated rings. The predicted molar refractivity (Wildman–Crippen MR) is 72.5 cm³/mol. The van der Waals surface area contributed by atoms with Crippen molar-refractivity contribution in [2.24, 2.45) is 0 Å². The van der Waals surface area contributed by atoms with Gasteiger partial charge in [0, 0.05) is 18.8 Å². The molecule has 3 heterocycles. The van der Waals surface area contributed by atoms with E-state index in [2.05, 4.69) is 21.0 Å². The lowest BCUT2D eigenvalue weighted by molar-refractivity contribution is 0.0672. The van der Waals surface area contributed by atoms with E-state index in [1.54, 1.807) is 6.07 Å². The van der Waals surface area contributed by atoms with Crippen LogP contribution in [0.5, 0.6) is 0 Å². The monoisotopic (exact) mass is 290 g/mol. The van der Waals surface area contributed by atoms with Gasteiger partial charge in [0.15, 0.2) is 0 Å². The maximum absolute atomic E-state index is 12.3. The highest BCUT2D eigenvalue weighted by Gasteiger charge is 2.37. The molecule has 1 aliphatic heterocycles. The summed E-state index contributed by atoms with van der Waals surface area (Å²) in [5.74, 6) is 0. The first-order chi connectivity index (χ1) is 9.66. The second-order valence-corrected chi connectivity index (χ2v) is 5.10. The Morgan fingerprint density at radius 2 is 2.15 bits per heavy atom. The molecule has 1 aliphatic rings. The summed E-state index contributed by atoms with van der Waals surface area (Å²) in [6, 6.07) is 3.90. The Morgan fingerprint density at radius 3 is 2.85 bits per heavy atom. The van der Waals surface area contributed by atoms with Crippen molar-refractivity contribution in [1.82, 2.24) is 15.0 Å². The molecule has 0 saturated carbocycles. The summed E-state index contributed by atoms with van der Waals surface area (Å²) in [5, 5.41) is 10.3. The third-order valence-electron chi connectivity index (χ3n) is 3.68. The van der Waals surface area contributed by atoms with Crippen LogP contribution in [0.4, 0.5) is 0 Å².